The lowest BCUT2D eigenvalue weighted by atomic mass is 10.3. The fourth-order valence-electron chi connectivity index (χ4n) is 1.19. The van der Waals surface area contributed by atoms with E-state index in [1.165, 1.54) is 0 Å². The monoisotopic (exact) mass is 232 g/mol. The maximum Gasteiger partial charge on any atom is 0.122 e. The van der Waals surface area contributed by atoms with Crippen LogP contribution in [0.1, 0.15) is 40.5 Å². The molecule has 0 aromatic heterocycles. The summed E-state index contributed by atoms with van der Waals surface area (Å²) in [6, 6.07) is 0. The highest BCUT2D eigenvalue weighted by Gasteiger charge is 1.97. The highest BCUT2D eigenvalue weighted by Crippen LogP contribution is 2.12. The molecule has 0 aliphatic heterocycles. The van der Waals surface area contributed by atoms with E-state index in [0.717, 1.165) is 24.4 Å². The van der Waals surface area contributed by atoms with Gasteiger partial charge in [0.1, 0.15) is 11.5 Å². The number of hydrogen-bond donors (Lipinski definition) is 0. The molecule has 17 heavy (non-hydrogen) atoms. The molecule has 0 saturated heterocycles. The Balaban J connectivity index is 4.34. The van der Waals surface area contributed by atoms with Crippen LogP contribution in [0.2, 0.25) is 0 Å². The average molecular weight is 232 g/mol. The van der Waals surface area contributed by atoms with Gasteiger partial charge in [0, 0.05) is 6.42 Å². The van der Waals surface area contributed by atoms with E-state index in [9.17, 15) is 0 Å². The zero-order chi connectivity index (χ0) is 12.9. The van der Waals surface area contributed by atoms with Gasteiger partial charge in [0.05, 0.1) is 0 Å². The molecule has 0 atom stereocenters. The molecule has 0 aromatic carbocycles. The van der Waals surface area contributed by atoms with Gasteiger partial charge < -0.3 is 4.74 Å². The van der Waals surface area contributed by atoms with E-state index in [0.29, 0.717) is 0 Å². The van der Waals surface area contributed by atoms with E-state index in [2.05, 4.69) is 18.2 Å². The zero-order valence-corrected chi connectivity index (χ0v) is 11.4. The predicted octanol–water partition coefficient (Wildman–Crippen LogP) is 5.30. The highest BCUT2D eigenvalue weighted by molar-refractivity contribution is 5.15. The van der Waals surface area contributed by atoms with Gasteiger partial charge in [-0.2, -0.15) is 0 Å². The van der Waals surface area contributed by atoms with Crippen molar-refractivity contribution in [2.45, 2.75) is 40.5 Å². The summed E-state index contributed by atoms with van der Waals surface area (Å²) in [6.07, 6.45) is 18.1. The second-order valence-corrected chi connectivity index (χ2v) is 3.53. The number of hydrogen-bond acceptors (Lipinski definition) is 1. The number of rotatable bonds is 7. The third-order valence-corrected chi connectivity index (χ3v) is 2.20. The van der Waals surface area contributed by atoms with Crippen LogP contribution in [0, 0.1) is 0 Å². The van der Waals surface area contributed by atoms with Gasteiger partial charge in [-0.15, -0.1) is 0 Å². The van der Waals surface area contributed by atoms with E-state index < -0.39 is 0 Å². The summed E-state index contributed by atoms with van der Waals surface area (Å²) in [4.78, 5) is 0. The van der Waals surface area contributed by atoms with Crippen LogP contribution in [0.4, 0.5) is 0 Å². The minimum atomic E-state index is 0.840. The van der Waals surface area contributed by atoms with Crippen LogP contribution < -0.4 is 0 Å². The third kappa shape index (κ3) is 8.32. The van der Waals surface area contributed by atoms with Crippen molar-refractivity contribution in [2.75, 3.05) is 0 Å². The predicted molar refractivity (Wildman–Crippen MR) is 76.6 cm³/mol. The second kappa shape index (κ2) is 11.0. The molecule has 0 radical (unpaired) electrons. The van der Waals surface area contributed by atoms with E-state index in [1.54, 1.807) is 0 Å². The van der Waals surface area contributed by atoms with Gasteiger partial charge >= 0.3 is 0 Å². The van der Waals surface area contributed by atoms with Crippen LogP contribution in [-0.4, -0.2) is 0 Å². The molecule has 0 aliphatic carbocycles. The van der Waals surface area contributed by atoms with Crippen LogP contribution in [0.15, 0.2) is 60.1 Å². The van der Waals surface area contributed by atoms with Crippen LogP contribution >= 0.6 is 0 Å². The van der Waals surface area contributed by atoms with Crippen molar-refractivity contribution in [1.82, 2.24) is 0 Å². The fraction of sp³-hybridized carbons (Fsp3) is 0.375. The van der Waals surface area contributed by atoms with E-state index in [1.807, 2.05) is 58.1 Å². The van der Waals surface area contributed by atoms with Crippen molar-refractivity contribution in [3.8, 4) is 0 Å². The minimum absolute atomic E-state index is 0.840. The Morgan fingerprint density at radius 2 is 1.59 bits per heavy atom. The molecule has 0 heterocycles. The van der Waals surface area contributed by atoms with Gasteiger partial charge in [0.2, 0.25) is 0 Å². The fourth-order valence-corrected chi connectivity index (χ4v) is 1.19. The second-order valence-electron chi connectivity index (χ2n) is 3.53. The summed E-state index contributed by atoms with van der Waals surface area (Å²) in [5, 5.41) is 0. The van der Waals surface area contributed by atoms with Gasteiger partial charge in [-0.25, -0.2) is 0 Å². The van der Waals surface area contributed by atoms with Crippen molar-refractivity contribution in [3.05, 3.63) is 60.1 Å². The highest BCUT2D eigenvalue weighted by atomic mass is 16.5. The van der Waals surface area contributed by atoms with E-state index in [4.69, 9.17) is 4.74 Å². The zero-order valence-electron chi connectivity index (χ0n) is 11.4. The molecule has 0 amide bonds. The number of allylic oxidation sites excluding steroid dienone is 8. The van der Waals surface area contributed by atoms with Crippen LogP contribution in [-0.2, 0) is 4.74 Å². The SMILES string of the molecule is C/C=C\CC=C/C(=C\C)O/C(=C/C)C/C=C\C. The molecule has 0 saturated carbocycles. The summed E-state index contributed by atoms with van der Waals surface area (Å²) in [7, 11) is 0. The van der Waals surface area contributed by atoms with Crippen molar-refractivity contribution in [1.29, 1.82) is 0 Å². The van der Waals surface area contributed by atoms with Gasteiger partial charge in [0.25, 0.3) is 0 Å². The van der Waals surface area contributed by atoms with Crippen LogP contribution in [0.3, 0.4) is 0 Å². The molecule has 1 heteroatoms. The standard InChI is InChI=1S/C16H24O/c1-5-9-11-12-14-16(8-4)17-15(7-3)13-10-6-2/h5-10,12,14H,11,13H2,1-4H3/b9-5-,10-6-,14-12?,15-7+,16-8+. The van der Waals surface area contributed by atoms with Crippen molar-refractivity contribution in [3.63, 3.8) is 0 Å². The molecule has 0 aromatic rings. The molecule has 94 valence electrons. The lowest BCUT2D eigenvalue weighted by Gasteiger charge is -2.08. The van der Waals surface area contributed by atoms with Gasteiger partial charge in [-0.1, -0.05) is 30.4 Å². The average Bonchev–Trinajstić information content (AvgIpc) is 2.37. The van der Waals surface area contributed by atoms with Crippen molar-refractivity contribution >= 4 is 0 Å². The Morgan fingerprint density at radius 1 is 0.882 bits per heavy atom. The molecule has 0 N–H and O–H groups in total. The van der Waals surface area contributed by atoms with Gasteiger partial charge in [-0.3, -0.25) is 0 Å². The first-order valence-electron chi connectivity index (χ1n) is 6.16. The summed E-state index contributed by atoms with van der Waals surface area (Å²) < 4.78 is 5.79. The molecular weight excluding hydrogens is 208 g/mol. The molecule has 0 rings (SSSR count). The largest absolute Gasteiger partial charge is 0.462 e. The summed E-state index contributed by atoms with van der Waals surface area (Å²) in [5.41, 5.74) is 0. The number of ether oxygens (including phenoxy) is 1. The van der Waals surface area contributed by atoms with E-state index >= 15 is 0 Å². The molecule has 0 aliphatic rings. The molecular formula is C16H24O. The topological polar surface area (TPSA) is 9.23 Å². The smallest absolute Gasteiger partial charge is 0.122 e. The molecule has 0 unspecified atom stereocenters. The van der Waals surface area contributed by atoms with Gasteiger partial charge in [-0.05, 0) is 52.3 Å². The van der Waals surface area contributed by atoms with Crippen molar-refractivity contribution in [2.24, 2.45) is 0 Å². The Kier molecular flexibility index (Phi) is 10.0. The molecule has 0 fully saturated rings. The van der Waals surface area contributed by atoms with E-state index in [-0.39, 0.29) is 0 Å². The Labute approximate surface area is 106 Å². The Morgan fingerprint density at radius 3 is 2.12 bits per heavy atom. The maximum absolute atomic E-state index is 5.79. The molecule has 0 bridgehead atoms. The molecule has 0 spiro atoms. The van der Waals surface area contributed by atoms with Crippen LogP contribution in [0.25, 0.3) is 0 Å². The quantitative estimate of drug-likeness (QED) is 0.329. The summed E-state index contributed by atoms with van der Waals surface area (Å²) in [5.74, 6) is 1.87. The first-order valence-corrected chi connectivity index (χ1v) is 6.16. The normalized spacial score (nSPS) is 14.4. The maximum atomic E-state index is 5.79. The van der Waals surface area contributed by atoms with Gasteiger partial charge in [0.15, 0.2) is 0 Å². The lowest BCUT2D eigenvalue weighted by molar-refractivity contribution is 0.311. The molecule has 1 nitrogen and oxygen atoms in total. The minimum Gasteiger partial charge on any atom is -0.462 e. The summed E-state index contributed by atoms with van der Waals surface area (Å²) in [6.45, 7) is 8.02. The first-order chi connectivity index (χ1) is 8.28. The Hall–Kier alpha value is -1.50. The third-order valence-electron chi connectivity index (χ3n) is 2.20. The van der Waals surface area contributed by atoms with Crippen LogP contribution in [0.5, 0.6) is 0 Å². The van der Waals surface area contributed by atoms with Crippen molar-refractivity contribution < 1.29 is 4.74 Å². The Bertz CT molecular complexity index is 327. The lowest BCUT2D eigenvalue weighted by Crippen LogP contribution is -1.90. The first kappa shape index (κ1) is 15.5. The summed E-state index contributed by atoms with van der Waals surface area (Å²) >= 11 is 0.